The number of amides is 1. The van der Waals surface area contributed by atoms with E-state index in [0.29, 0.717) is 11.9 Å². The van der Waals surface area contributed by atoms with Crippen molar-refractivity contribution in [3.63, 3.8) is 0 Å². The fourth-order valence-electron chi connectivity index (χ4n) is 3.76. The van der Waals surface area contributed by atoms with Crippen LogP contribution < -0.4 is 10.6 Å². The first-order chi connectivity index (χ1) is 8.83. The number of fused-ring (bicyclic) bond motifs is 1. The summed E-state index contributed by atoms with van der Waals surface area (Å²) in [6.45, 7) is 4.46. The third-order valence-corrected chi connectivity index (χ3v) is 4.88. The molecule has 0 spiro atoms. The van der Waals surface area contributed by atoms with Gasteiger partial charge in [0, 0.05) is 24.5 Å². The molecule has 4 heteroatoms. The third-order valence-electron chi connectivity index (χ3n) is 4.88. The molecule has 4 nitrogen and oxygen atoms in total. The van der Waals surface area contributed by atoms with Gasteiger partial charge < -0.3 is 15.5 Å². The highest BCUT2D eigenvalue weighted by molar-refractivity contribution is 5.79. The molecule has 0 bridgehead atoms. The van der Waals surface area contributed by atoms with Gasteiger partial charge in [0.05, 0.1) is 0 Å². The highest BCUT2D eigenvalue weighted by Gasteiger charge is 2.33. The number of rotatable bonds is 2. The molecule has 0 aliphatic carbocycles. The van der Waals surface area contributed by atoms with Crippen molar-refractivity contribution < 1.29 is 4.79 Å². The van der Waals surface area contributed by atoms with Crippen LogP contribution in [-0.2, 0) is 4.79 Å². The van der Waals surface area contributed by atoms with E-state index in [2.05, 4.69) is 15.5 Å². The zero-order chi connectivity index (χ0) is 12.4. The standard InChI is InChI=1S/C14H25N3O/c18-14(11-3-6-15-7-4-11)16-12-5-9-17-8-1-2-13(17)10-12/h11-13,15H,1-10H2,(H,16,18). The van der Waals surface area contributed by atoms with Crippen molar-refractivity contribution in [3.05, 3.63) is 0 Å². The lowest BCUT2D eigenvalue weighted by molar-refractivity contribution is -0.126. The molecule has 3 aliphatic heterocycles. The van der Waals surface area contributed by atoms with Crippen molar-refractivity contribution in [2.45, 2.75) is 50.6 Å². The second-order valence-corrected chi connectivity index (χ2v) is 6.09. The van der Waals surface area contributed by atoms with Gasteiger partial charge in [-0.1, -0.05) is 0 Å². The van der Waals surface area contributed by atoms with Crippen LogP contribution in [0.5, 0.6) is 0 Å². The monoisotopic (exact) mass is 251 g/mol. The van der Waals surface area contributed by atoms with Gasteiger partial charge in [-0.3, -0.25) is 4.79 Å². The second-order valence-electron chi connectivity index (χ2n) is 6.09. The summed E-state index contributed by atoms with van der Waals surface area (Å²) in [5.74, 6) is 0.570. The van der Waals surface area contributed by atoms with Gasteiger partial charge in [-0.05, 0) is 58.2 Å². The number of piperidine rings is 2. The number of carbonyl (C=O) groups excluding carboxylic acids is 1. The van der Waals surface area contributed by atoms with Crippen molar-refractivity contribution in [3.8, 4) is 0 Å². The van der Waals surface area contributed by atoms with Crippen molar-refractivity contribution >= 4 is 5.91 Å². The smallest absolute Gasteiger partial charge is 0.223 e. The summed E-state index contributed by atoms with van der Waals surface area (Å²) in [5.41, 5.74) is 0. The van der Waals surface area contributed by atoms with E-state index in [4.69, 9.17) is 0 Å². The summed E-state index contributed by atoms with van der Waals surface area (Å²) < 4.78 is 0. The SMILES string of the molecule is O=C(NC1CCN2CCCC2C1)C1CCNCC1. The average molecular weight is 251 g/mol. The summed E-state index contributed by atoms with van der Waals surface area (Å²) in [4.78, 5) is 14.8. The van der Waals surface area contributed by atoms with E-state index < -0.39 is 0 Å². The van der Waals surface area contributed by atoms with Crippen LogP contribution >= 0.6 is 0 Å². The predicted molar refractivity (Wildman–Crippen MR) is 71.4 cm³/mol. The van der Waals surface area contributed by atoms with E-state index in [-0.39, 0.29) is 5.92 Å². The zero-order valence-electron chi connectivity index (χ0n) is 11.2. The molecule has 3 rings (SSSR count). The van der Waals surface area contributed by atoms with E-state index in [1.54, 1.807) is 0 Å². The van der Waals surface area contributed by atoms with Crippen LogP contribution in [0.3, 0.4) is 0 Å². The Labute approximate surface area is 109 Å². The van der Waals surface area contributed by atoms with Crippen molar-refractivity contribution in [1.29, 1.82) is 0 Å². The minimum atomic E-state index is 0.257. The Morgan fingerprint density at radius 2 is 1.94 bits per heavy atom. The Balaban J connectivity index is 1.48. The van der Waals surface area contributed by atoms with Crippen LogP contribution in [0.1, 0.15) is 38.5 Å². The molecule has 2 atom stereocenters. The number of carbonyl (C=O) groups is 1. The lowest BCUT2D eigenvalue weighted by Crippen LogP contribution is -2.49. The molecule has 3 saturated heterocycles. The van der Waals surface area contributed by atoms with Gasteiger partial charge in [0.2, 0.25) is 5.91 Å². The Morgan fingerprint density at radius 3 is 2.78 bits per heavy atom. The molecule has 0 aromatic heterocycles. The highest BCUT2D eigenvalue weighted by Crippen LogP contribution is 2.27. The molecule has 0 aromatic rings. The van der Waals surface area contributed by atoms with Crippen LogP contribution in [0.4, 0.5) is 0 Å². The molecular formula is C14H25N3O. The molecule has 0 aromatic carbocycles. The fourth-order valence-corrected chi connectivity index (χ4v) is 3.76. The minimum Gasteiger partial charge on any atom is -0.353 e. The summed E-state index contributed by atoms with van der Waals surface area (Å²) in [5, 5.41) is 6.62. The molecule has 1 amide bonds. The number of hydrogen-bond acceptors (Lipinski definition) is 3. The largest absolute Gasteiger partial charge is 0.353 e. The maximum Gasteiger partial charge on any atom is 0.223 e. The van der Waals surface area contributed by atoms with Crippen molar-refractivity contribution in [1.82, 2.24) is 15.5 Å². The van der Waals surface area contributed by atoms with Gasteiger partial charge in [-0.2, -0.15) is 0 Å². The highest BCUT2D eigenvalue weighted by atomic mass is 16.1. The molecule has 3 aliphatic rings. The van der Waals surface area contributed by atoms with Gasteiger partial charge in [0.15, 0.2) is 0 Å². The summed E-state index contributed by atoms with van der Waals surface area (Å²) in [6.07, 6.45) is 7.02. The quantitative estimate of drug-likeness (QED) is 0.760. The molecule has 3 heterocycles. The molecular weight excluding hydrogens is 226 g/mol. The number of nitrogens with one attached hydrogen (secondary N) is 2. The maximum atomic E-state index is 12.2. The molecule has 102 valence electrons. The first kappa shape index (κ1) is 12.4. The summed E-state index contributed by atoms with van der Waals surface area (Å²) in [7, 11) is 0. The Hall–Kier alpha value is -0.610. The number of nitrogens with zero attached hydrogens (tertiary/aromatic N) is 1. The molecule has 0 saturated carbocycles. The van der Waals surface area contributed by atoms with Crippen molar-refractivity contribution in [2.75, 3.05) is 26.2 Å². The first-order valence-electron chi connectivity index (χ1n) is 7.58. The first-order valence-corrected chi connectivity index (χ1v) is 7.58. The van der Waals surface area contributed by atoms with Crippen molar-refractivity contribution in [2.24, 2.45) is 5.92 Å². The van der Waals surface area contributed by atoms with Gasteiger partial charge in [0.1, 0.15) is 0 Å². The van der Waals surface area contributed by atoms with Crippen LogP contribution in [0.25, 0.3) is 0 Å². The Morgan fingerprint density at radius 1 is 1.11 bits per heavy atom. The minimum absolute atomic E-state index is 0.257. The molecule has 2 N–H and O–H groups in total. The van der Waals surface area contributed by atoms with Gasteiger partial charge in [-0.25, -0.2) is 0 Å². The third kappa shape index (κ3) is 2.69. The van der Waals surface area contributed by atoms with E-state index in [0.717, 1.165) is 38.4 Å². The number of hydrogen-bond donors (Lipinski definition) is 2. The zero-order valence-corrected chi connectivity index (χ0v) is 11.2. The fraction of sp³-hybridized carbons (Fsp3) is 0.929. The van der Waals surface area contributed by atoms with Gasteiger partial charge >= 0.3 is 0 Å². The average Bonchev–Trinajstić information content (AvgIpc) is 2.87. The van der Waals surface area contributed by atoms with Gasteiger partial charge in [-0.15, -0.1) is 0 Å². The van der Waals surface area contributed by atoms with Crippen LogP contribution in [0.15, 0.2) is 0 Å². The van der Waals surface area contributed by atoms with E-state index in [1.807, 2.05) is 0 Å². The molecule has 18 heavy (non-hydrogen) atoms. The normalized spacial score (nSPS) is 34.2. The van der Waals surface area contributed by atoms with E-state index in [9.17, 15) is 4.79 Å². The Kier molecular flexibility index (Phi) is 3.85. The molecule has 3 fully saturated rings. The lowest BCUT2D eigenvalue weighted by atomic mass is 9.94. The van der Waals surface area contributed by atoms with Crippen LogP contribution in [0.2, 0.25) is 0 Å². The van der Waals surface area contributed by atoms with Gasteiger partial charge in [0.25, 0.3) is 0 Å². The summed E-state index contributed by atoms with van der Waals surface area (Å²) in [6, 6.07) is 1.18. The van der Waals surface area contributed by atoms with Crippen LogP contribution in [-0.4, -0.2) is 49.1 Å². The predicted octanol–water partition coefficient (Wildman–Crippen LogP) is 0.729. The summed E-state index contributed by atoms with van der Waals surface area (Å²) >= 11 is 0. The van der Waals surface area contributed by atoms with Crippen LogP contribution in [0, 0.1) is 5.92 Å². The molecule has 2 unspecified atom stereocenters. The van der Waals surface area contributed by atoms with E-state index in [1.165, 1.54) is 32.4 Å². The lowest BCUT2D eigenvalue weighted by Gasteiger charge is -2.36. The second kappa shape index (κ2) is 5.57. The van der Waals surface area contributed by atoms with E-state index >= 15 is 0 Å². The topological polar surface area (TPSA) is 44.4 Å². The Bertz CT molecular complexity index is 301. The molecule has 0 radical (unpaired) electrons. The maximum absolute atomic E-state index is 12.2.